The van der Waals surface area contributed by atoms with E-state index in [-0.39, 0.29) is 5.41 Å². The summed E-state index contributed by atoms with van der Waals surface area (Å²) in [6, 6.07) is 11.9. The molecule has 7 heteroatoms. The van der Waals surface area contributed by atoms with Gasteiger partial charge in [-0.25, -0.2) is 4.79 Å². The molecule has 0 saturated carbocycles. The van der Waals surface area contributed by atoms with Crippen molar-refractivity contribution in [3.8, 4) is 5.75 Å². The summed E-state index contributed by atoms with van der Waals surface area (Å²) in [7, 11) is 0. The lowest BCUT2D eigenvalue weighted by atomic mass is 9.99. The Bertz CT molecular complexity index is 1120. The van der Waals surface area contributed by atoms with Crippen LogP contribution in [0.3, 0.4) is 0 Å². The van der Waals surface area contributed by atoms with Crippen molar-refractivity contribution in [2.75, 3.05) is 6.61 Å². The first kappa shape index (κ1) is 18.9. The van der Waals surface area contributed by atoms with Crippen molar-refractivity contribution in [2.24, 2.45) is 10.5 Å². The Labute approximate surface area is 161 Å². The lowest BCUT2D eigenvalue weighted by Gasteiger charge is -2.19. The van der Waals surface area contributed by atoms with Crippen LogP contribution in [-0.4, -0.2) is 22.5 Å². The molecule has 2 aromatic carbocycles. The van der Waals surface area contributed by atoms with Crippen LogP contribution in [0.5, 0.6) is 5.75 Å². The third kappa shape index (κ3) is 4.46. The molecule has 3 aromatic rings. The van der Waals surface area contributed by atoms with Crippen LogP contribution in [-0.2, 0) is 0 Å². The normalized spacial score (nSPS) is 12.0. The van der Waals surface area contributed by atoms with E-state index in [4.69, 9.17) is 16.3 Å². The predicted octanol–water partition coefficient (Wildman–Crippen LogP) is 3.65. The quantitative estimate of drug-likeness (QED) is 0.696. The van der Waals surface area contributed by atoms with Crippen molar-refractivity contribution in [3.63, 3.8) is 0 Å². The van der Waals surface area contributed by atoms with Gasteiger partial charge in [0, 0.05) is 10.6 Å². The fraction of sp³-hybridized carbons (Fsp3) is 0.250. The number of benzene rings is 2. The third-order valence-corrected chi connectivity index (χ3v) is 3.96. The molecule has 0 aliphatic heterocycles. The number of H-pyrrole nitrogens is 1. The number of aromatic nitrogens is 2. The highest BCUT2D eigenvalue weighted by Gasteiger charge is 2.13. The van der Waals surface area contributed by atoms with Crippen molar-refractivity contribution >= 4 is 28.7 Å². The molecule has 0 aliphatic carbocycles. The fourth-order valence-electron chi connectivity index (χ4n) is 2.42. The van der Waals surface area contributed by atoms with Crippen LogP contribution in [0.1, 0.15) is 26.3 Å². The lowest BCUT2D eigenvalue weighted by Crippen LogP contribution is -2.32. The molecule has 27 heavy (non-hydrogen) atoms. The summed E-state index contributed by atoms with van der Waals surface area (Å²) in [6.07, 6.45) is 1.40. The van der Waals surface area contributed by atoms with E-state index >= 15 is 0 Å². The first-order chi connectivity index (χ1) is 12.7. The molecule has 140 valence electrons. The van der Waals surface area contributed by atoms with Gasteiger partial charge in [-0.15, -0.1) is 4.68 Å². The monoisotopic (exact) mass is 385 g/mol. The topological polar surface area (TPSA) is 76.5 Å². The molecule has 1 aromatic heterocycles. The van der Waals surface area contributed by atoms with E-state index in [2.05, 4.69) is 30.9 Å². The second kappa shape index (κ2) is 7.40. The van der Waals surface area contributed by atoms with Crippen LogP contribution in [0.15, 0.2) is 57.2 Å². The van der Waals surface area contributed by atoms with E-state index < -0.39 is 11.2 Å². The van der Waals surface area contributed by atoms with Crippen molar-refractivity contribution in [2.45, 2.75) is 20.8 Å². The minimum atomic E-state index is -0.617. The molecule has 1 heterocycles. The highest BCUT2D eigenvalue weighted by molar-refractivity contribution is 6.30. The molecular formula is C20H20ClN3O3. The van der Waals surface area contributed by atoms with Crippen molar-refractivity contribution < 1.29 is 4.74 Å². The van der Waals surface area contributed by atoms with E-state index in [9.17, 15) is 9.59 Å². The third-order valence-electron chi connectivity index (χ3n) is 3.73. The molecule has 6 nitrogen and oxygen atoms in total. The smallest absolute Gasteiger partial charge is 0.349 e. The second-order valence-electron chi connectivity index (χ2n) is 7.37. The van der Waals surface area contributed by atoms with Crippen molar-refractivity contribution in [1.29, 1.82) is 0 Å². The van der Waals surface area contributed by atoms with Crippen LogP contribution in [0.2, 0.25) is 5.02 Å². The SMILES string of the molecule is CC(C)(C)COc1ccc(Cl)cc1C=Nn1c(=O)[nH]c2ccccc2c1=O. The predicted molar refractivity (Wildman–Crippen MR) is 108 cm³/mol. The van der Waals surface area contributed by atoms with Crippen molar-refractivity contribution in [1.82, 2.24) is 9.66 Å². The van der Waals surface area contributed by atoms with Gasteiger partial charge < -0.3 is 9.72 Å². The maximum absolute atomic E-state index is 12.6. The first-order valence-electron chi connectivity index (χ1n) is 8.45. The molecule has 3 rings (SSSR count). The van der Waals surface area contributed by atoms with Gasteiger partial charge in [0.15, 0.2) is 0 Å². The van der Waals surface area contributed by atoms with E-state index in [1.54, 1.807) is 42.5 Å². The fourth-order valence-corrected chi connectivity index (χ4v) is 2.60. The zero-order valence-electron chi connectivity index (χ0n) is 15.3. The molecule has 0 fully saturated rings. The number of ether oxygens (including phenoxy) is 1. The largest absolute Gasteiger partial charge is 0.492 e. The average molecular weight is 386 g/mol. The Morgan fingerprint density at radius 3 is 2.67 bits per heavy atom. The number of fused-ring (bicyclic) bond motifs is 1. The number of rotatable bonds is 4. The summed E-state index contributed by atoms with van der Waals surface area (Å²) in [5, 5.41) is 4.95. The van der Waals surface area contributed by atoms with Gasteiger partial charge in [-0.2, -0.15) is 5.10 Å². The number of para-hydroxylation sites is 1. The van der Waals surface area contributed by atoms with Gasteiger partial charge in [-0.05, 0) is 35.7 Å². The van der Waals surface area contributed by atoms with Gasteiger partial charge in [0.05, 0.1) is 23.7 Å². The second-order valence-corrected chi connectivity index (χ2v) is 7.81. The number of nitrogens with one attached hydrogen (secondary N) is 1. The Kier molecular flexibility index (Phi) is 5.19. The molecule has 0 amide bonds. The summed E-state index contributed by atoms with van der Waals surface area (Å²) >= 11 is 6.08. The van der Waals surface area contributed by atoms with Gasteiger partial charge in [0.1, 0.15) is 5.75 Å². The minimum absolute atomic E-state index is 0.0273. The zero-order chi connectivity index (χ0) is 19.6. The lowest BCUT2D eigenvalue weighted by molar-refractivity contribution is 0.197. The average Bonchev–Trinajstić information content (AvgIpc) is 2.60. The molecule has 0 spiro atoms. The molecule has 0 bridgehead atoms. The number of halogens is 1. The molecule has 0 atom stereocenters. The standard InChI is InChI=1S/C20H20ClN3O3/c1-20(2,3)12-27-17-9-8-14(21)10-13(17)11-22-24-18(25)15-6-4-5-7-16(15)23-19(24)26/h4-11H,12H2,1-3H3,(H,23,26). The Morgan fingerprint density at radius 1 is 1.19 bits per heavy atom. The molecule has 1 N–H and O–H groups in total. The van der Waals surface area contributed by atoms with E-state index in [1.165, 1.54) is 6.21 Å². The maximum Gasteiger partial charge on any atom is 0.349 e. The number of aromatic amines is 1. The van der Waals surface area contributed by atoms with Crippen LogP contribution < -0.4 is 16.0 Å². The van der Waals surface area contributed by atoms with Crippen LogP contribution in [0, 0.1) is 5.41 Å². The van der Waals surface area contributed by atoms with Gasteiger partial charge in [0.2, 0.25) is 0 Å². The number of hydrogen-bond acceptors (Lipinski definition) is 4. The van der Waals surface area contributed by atoms with Gasteiger partial charge >= 0.3 is 5.69 Å². The van der Waals surface area contributed by atoms with E-state index in [0.717, 1.165) is 4.68 Å². The van der Waals surface area contributed by atoms with Gasteiger partial charge in [-0.3, -0.25) is 4.79 Å². The minimum Gasteiger partial charge on any atom is -0.492 e. The Balaban J connectivity index is 2.02. The summed E-state index contributed by atoms with van der Waals surface area (Å²) in [4.78, 5) is 27.4. The van der Waals surface area contributed by atoms with Crippen LogP contribution in [0.4, 0.5) is 0 Å². The Morgan fingerprint density at radius 2 is 1.93 bits per heavy atom. The summed E-state index contributed by atoms with van der Waals surface area (Å²) in [5.74, 6) is 0.573. The Hall–Kier alpha value is -2.86. The van der Waals surface area contributed by atoms with Crippen LogP contribution in [0.25, 0.3) is 10.9 Å². The van der Waals surface area contributed by atoms with Gasteiger partial charge in [-0.1, -0.05) is 44.5 Å². The molecule has 0 radical (unpaired) electrons. The summed E-state index contributed by atoms with van der Waals surface area (Å²) < 4.78 is 6.64. The number of nitrogens with zero attached hydrogens (tertiary/aromatic N) is 2. The summed E-state index contributed by atoms with van der Waals surface area (Å²) in [5.41, 5.74) is -0.0958. The molecule has 0 unspecified atom stereocenters. The maximum atomic E-state index is 12.6. The molecule has 0 aliphatic rings. The van der Waals surface area contributed by atoms with Crippen LogP contribution >= 0.6 is 11.6 Å². The van der Waals surface area contributed by atoms with Crippen molar-refractivity contribution in [3.05, 3.63) is 73.9 Å². The van der Waals surface area contributed by atoms with E-state index in [0.29, 0.717) is 33.8 Å². The highest BCUT2D eigenvalue weighted by Crippen LogP contribution is 2.24. The van der Waals surface area contributed by atoms with Gasteiger partial charge in [0.25, 0.3) is 5.56 Å². The van der Waals surface area contributed by atoms with E-state index in [1.807, 2.05) is 0 Å². The zero-order valence-corrected chi connectivity index (χ0v) is 16.1. The molecular weight excluding hydrogens is 366 g/mol. The first-order valence-corrected chi connectivity index (χ1v) is 8.83. The summed E-state index contributed by atoms with van der Waals surface area (Å²) in [6.45, 7) is 6.67. The highest BCUT2D eigenvalue weighted by atomic mass is 35.5. The number of hydrogen-bond donors (Lipinski definition) is 1. The molecule has 0 saturated heterocycles.